The molecule has 164 valence electrons. The lowest BCUT2D eigenvalue weighted by atomic mass is 9.91. The zero-order valence-electron chi connectivity index (χ0n) is 17.1. The van der Waals surface area contributed by atoms with Crippen molar-refractivity contribution >= 4 is 34.4 Å². The highest BCUT2D eigenvalue weighted by Crippen LogP contribution is 2.33. The molecule has 31 heavy (non-hydrogen) atoms. The van der Waals surface area contributed by atoms with E-state index in [0.29, 0.717) is 31.6 Å². The van der Waals surface area contributed by atoms with Crippen LogP contribution in [0.3, 0.4) is 0 Å². The lowest BCUT2D eigenvalue weighted by Gasteiger charge is -2.25. The molecule has 1 aliphatic carbocycles. The molecule has 0 aliphatic heterocycles. The smallest absolute Gasteiger partial charge is 0.325 e. The van der Waals surface area contributed by atoms with E-state index in [1.807, 2.05) is 4.57 Å². The summed E-state index contributed by atoms with van der Waals surface area (Å²) < 4.78 is 26.0. The fourth-order valence-corrected chi connectivity index (χ4v) is 4.36. The molecule has 1 aromatic carbocycles. The number of aromatic nitrogens is 2. The molecule has 2 heterocycles. The number of nitrogens with one attached hydrogen (secondary N) is 1. The number of halogens is 2. The summed E-state index contributed by atoms with van der Waals surface area (Å²) >= 11 is 5.73. The number of benzene rings is 1. The summed E-state index contributed by atoms with van der Waals surface area (Å²) in [5.74, 6) is -0.194. The van der Waals surface area contributed by atoms with E-state index in [0.717, 1.165) is 28.6 Å². The largest absolute Gasteiger partial charge is 0.465 e. The minimum atomic E-state index is -0.333. The lowest BCUT2D eigenvalue weighted by molar-refractivity contribution is -0.143. The quantitative estimate of drug-likeness (QED) is 0.559. The standard InChI is InChI=1S/C22H23ClFN3O4/c1-2-30-22(29)12-27-18-6-3-13(24)9-16(18)17-10-14(4-7-19(17)27)25-21(28)8-5-15-11-20(23)26-31-15/h3,6,9,11,14H,2,4-5,7-8,10,12H2,1H3,(H,25,28)/t14-/m0/s1. The van der Waals surface area contributed by atoms with E-state index in [4.69, 9.17) is 20.9 Å². The van der Waals surface area contributed by atoms with Crippen molar-refractivity contribution in [3.63, 3.8) is 0 Å². The number of hydrogen-bond acceptors (Lipinski definition) is 5. The van der Waals surface area contributed by atoms with Crippen LogP contribution in [-0.4, -0.2) is 34.2 Å². The highest BCUT2D eigenvalue weighted by molar-refractivity contribution is 6.29. The Morgan fingerprint density at radius 1 is 1.39 bits per heavy atom. The number of amides is 1. The van der Waals surface area contributed by atoms with Crippen molar-refractivity contribution in [2.24, 2.45) is 0 Å². The van der Waals surface area contributed by atoms with Gasteiger partial charge in [-0.15, -0.1) is 0 Å². The SMILES string of the molecule is CCOC(=O)Cn1c2c(c3cc(F)ccc31)C[C@@H](NC(=O)CCc1cc(Cl)no1)CC2. The molecule has 0 unspecified atom stereocenters. The first-order chi connectivity index (χ1) is 14.9. The molecule has 0 saturated heterocycles. The minimum Gasteiger partial charge on any atom is -0.465 e. The zero-order valence-corrected chi connectivity index (χ0v) is 17.9. The third-order valence-corrected chi connectivity index (χ3v) is 5.69. The molecule has 4 rings (SSSR count). The first kappa shape index (κ1) is 21.4. The van der Waals surface area contributed by atoms with Gasteiger partial charge in [0.2, 0.25) is 5.91 Å². The van der Waals surface area contributed by atoms with Crippen molar-refractivity contribution in [3.8, 4) is 0 Å². The van der Waals surface area contributed by atoms with Gasteiger partial charge in [0.25, 0.3) is 0 Å². The molecule has 1 aliphatic rings. The van der Waals surface area contributed by atoms with Crippen molar-refractivity contribution < 1.29 is 23.2 Å². The number of esters is 1. The maximum atomic E-state index is 14.0. The summed E-state index contributed by atoms with van der Waals surface area (Å²) in [6.07, 6.45) is 2.65. The summed E-state index contributed by atoms with van der Waals surface area (Å²) in [5.41, 5.74) is 2.77. The van der Waals surface area contributed by atoms with Crippen LogP contribution < -0.4 is 5.32 Å². The van der Waals surface area contributed by atoms with Gasteiger partial charge in [0.1, 0.15) is 18.1 Å². The maximum absolute atomic E-state index is 14.0. The minimum absolute atomic E-state index is 0.0665. The molecule has 0 saturated carbocycles. The predicted molar refractivity (Wildman–Crippen MR) is 112 cm³/mol. The topological polar surface area (TPSA) is 86.4 Å². The third-order valence-electron chi connectivity index (χ3n) is 5.52. The Morgan fingerprint density at radius 2 is 2.23 bits per heavy atom. The molecule has 0 radical (unpaired) electrons. The average molecular weight is 448 g/mol. The molecule has 1 N–H and O–H groups in total. The summed E-state index contributed by atoms with van der Waals surface area (Å²) in [5, 5.41) is 7.69. The molecule has 0 fully saturated rings. The van der Waals surface area contributed by atoms with Gasteiger partial charge in [0, 0.05) is 41.5 Å². The van der Waals surface area contributed by atoms with E-state index in [1.165, 1.54) is 12.1 Å². The number of aryl methyl sites for hydroxylation is 1. The van der Waals surface area contributed by atoms with E-state index >= 15 is 0 Å². The van der Waals surface area contributed by atoms with Crippen molar-refractivity contribution in [2.75, 3.05) is 6.61 Å². The Morgan fingerprint density at radius 3 is 2.97 bits per heavy atom. The monoisotopic (exact) mass is 447 g/mol. The molecule has 0 spiro atoms. The van der Waals surface area contributed by atoms with Crippen molar-refractivity contribution in [1.29, 1.82) is 0 Å². The van der Waals surface area contributed by atoms with Crippen LogP contribution in [-0.2, 0) is 40.1 Å². The van der Waals surface area contributed by atoms with Crippen LogP contribution in [0.5, 0.6) is 0 Å². The molecule has 3 aromatic rings. The Labute approximate surface area is 183 Å². The molecular weight excluding hydrogens is 425 g/mol. The van der Waals surface area contributed by atoms with E-state index in [-0.39, 0.29) is 41.9 Å². The second-order valence-corrected chi connectivity index (χ2v) is 7.99. The average Bonchev–Trinajstić information content (AvgIpc) is 3.28. The molecule has 0 bridgehead atoms. The summed E-state index contributed by atoms with van der Waals surface area (Å²) in [6, 6.07) is 6.11. The third kappa shape index (κ3) is 4.74. The van der Waals surface area contributed by atoms with Gasteiger partial charge in [0.15, 0.2) is 5.15 Å². The van der Waals surface area contributed by atoms with Gasteiger partial charge in [0.05, 0.1) is 6.61 Å². The fraction of sp³-hybridized carbons (Fsp3) is 0.409. The van der Waals surface area contributed by atoms with Crippen LogP contribution >= 0.6 is 11.6 Å². The Hall–Kier alpha value is -2.87. The van der Waals surface area contributed by atoms with Crippen molar-refractivity contribution in [2.45, 2.75) is 51.6 Å². The number of carbonyl (C=O) groups excluding carboxylic acids is 2. The highest BCUT2D eigenvalue weighted by Gasteiger charge is 2.27. The van der Waals surface area contributed by atoms with Gasteiger partial charge >= 0.3 is 5.97 Å². The molecule has 1 amide bonds. The van der Waals surface area contributed by atoms with E-state index < -0.39 is 0 Å². The second-order valence-electron chi connectivity index (χ2n) is 7.60. The normalized spacial score (nSPS) is 15.6. The second kappa shape index (κ2) is 9.09. The van der Waals surface area contributed by atoms with E-state index in [1.54, 1.807) is 19.1 Å². The van der Waals surface area contributed by atoms with Gasteiger partial charge in [-0.05, 0) is 49.9 Å². The van der Waals surface area contributed by atoms with E-state index in [9.17, 15) is 14.0 Å². The molecule has 1 atom stereocenters. The molecule has 7 nitrogen and oxygen atoms in total. The Bertz CT molecular complexity index is 1120. The van der Waals surface area contributed by atoms with Gasteiger partial charge in [-0.25, -0.2) is 4.39 Å². The maximum Gasteiger partial charge on any atom is 0.325 e. The summed E-state index contributed by atoms with van der Waals surface area (Å²) in [7, 11) is 0. The number of nitrogens with zero attached hydrogens (tertiary/aromatic N) is 2. The predicted octanol–water partition coefficient (Wildman–Crippen LogP) is 3.59. The summed E-state index contributed by atoms with van der Waals surface area (Å²) in [4.78, 5) is 24.5. The lowest BCUT2D eigenvalue weighted by Crippen LogP contribution is -2.39. The molecule has 9 heteroatoms. The Balaban J connectivity index is 1.50. The van der Waals surface area contributed by atoms with Crippen LogP contribution in [0, 0.1) is 5.82 Å². The molecule has 2 aromatic heterocycles. The molecular formula is C22H23ClFN3O4. The van der Waals surface area contributed by atoms with Crippen LogP contribution in [0.15, 0.2) is 28.8 Å². The van der Waals surface area contributed by atoms with Crippen LogP contribution in [0.1, 0.15) is 36.8 Å². The van der Waals surface area contributed by atoms with Gasteiger partial charge in [-0.1, -0.05) is 16.8 Å². The van der Waals surface area contributed by atoms with Crippen LogP contribution in [0.25, 0.3) is 10.9 Å². The van der Waals surface area contributed by atoms with Crippen molar-refractivity contribution in [1.82, 2.24) is 15.0 Å². The first-order valence-corrected chi connectivity index (χ1v) is 10.7. The Kier molecular flexibility index (Phi) is 6.27. The van der Waals surface area contributed by atoms with E-state index in [2.05, 4.69) is 10.5 Å². The number of carbonyl (C=O) groups is 2. The van der Waals surface area contributed by atoms with Gasteiger partial charge in [-0.3, -0.25) is 9.59 Å². The first-order valence-electron chi connectivity index (χ1n) is 10.3. The summed E-state index contributed by atoms with van der Waals surface area (Å²) in [6.45, 7) is 2.16. The van der Waals surface area contributed by atoms with Crippen molar-refractivity contribution in [3.05, 3.63) is 52.3 Å². The van der Waals surface area contributed by atoms with Crippen LogP contribution in [0.2, 0.25) is 5.15 Å². The van der Waals surface area contributed by atoms with Crippen LogP contribution in [0.4, 0.5) is 4.39 Å². The number of fused-ring (bicyclic) bond motifs is 3. The fourth-order valence-electron chi connectivity index (χ4n) is 4.20. The zero-order chi connectivity index (χ0) is 22.0. The number of rotatable bonds is 7. The van der Waals surface area contributed by atoms with Gasteiger partial charge in [-0.2, -0.15) is 0 Å². The number of ether oxygens (including phenoxy) is 1. The number of hydrogen-bond donors (Lipinski definition) is 1. The van der Waals surface area contributed by atoms with Gasteiger partial charge < -0.3 is 19.1 Å². The highest BCUT2D eigenvalue weighted by atomic mass is 35.5.